The SMILES string of the molecule is Cc1sc(-c2ccco2)nc1C(=O)NC1CCN(C(=O)OC(C)(C)C)CC1. The number of hydrogen-bond acceptors (Lipinski definition) is 6. The molecule has 7 nitrogen and oxygen atoms in total. The second-order valence-corrected chi connectivity index (χ2v) is 8.82. The number of piperidine rings is 1. The van der Waals surface area contributed by atoms with Crippen molar-refractivity contribution in [1.82, 2.24) is 15.2 Å². The zero-order chi connectivity index (χ0) is 19.6. The van der Waals surface area contributed by atoms with Gasteiger partial charge in [0.25, 0.3) is 5.91 Å². The van der Waals surface area contributed by atoms with Crippen LogP contribution in [0.1, 0.15) is 49.0 Å². The number of likely N-dealkylation sites (tertiary alicyclic amines) is 1. The number of aromatic nitrogens is 1. The molecule has 1 N–H and O–H groups in total. The second-order valence-electron chi connectivity index (χ2n) is 7.62. The fraction of sp³-hybridized carbons (Fsp3) is 0.526. The Kier molecular flexibility index (Phi) is 5.55. The van der Waals surface area contributed by atoms with Crippen LogP contribution in [0.4, 0.5) is 4.79 Å². The maximum Gasteiger partial charge on any atom is 0.410 e. The molecule has 0 radical (unpaired) electrons. The largest absolute Gasteiger partial charge is 0.462 e. The maximum atomic E-state index is 12.6. The lowest BCUT2D eigenvalue weighted by Crippen LogP contribution is -2.47. The highest BCUT2D eigenvalue weighted by Gasteiger charge is 2.28. The molecule has 2 amide bonds. The first-order valence-corrected chi connectivity index (χ1v) is 9.84. The van der Waals surface area contributed by atoms with Crippen molar-refractivity contribution in [3.05, 3.63) is 29.0 Å². The monoisotopic (exact) mass is 391 g/mol. The van der Waals surface area contributed by atoms with Gasteiger partial charge in [0, 0.05) is 24.0 Å². The summed E-state index contributed by atoms with van der Waals surface area (Å²) in [5.74, 6) is 0.477. The predicted molar refractivity (Wildman–Crippen MR) is 103 cm³/mol. The molecule has 3 heterocycles. The fourth-order valence-corrected chi connectivity index (χ4v) is 3.78. The summed E-state index contributed by atoms with van der Waals surface area (Å²) >= 11 is 1.44. The number of carbonyl (C=O) groups is 2. The molecular formula is C19H25N3O4S. The van der Waals surface area contributed by atoms with E-state index in [4.69, 9.17) is 9.15 Å². The number of nitrogens with zero attached hydrogens (tertiary/aromatic N) is 2. The Balaban J connectivity index is 1.55. The molecule has 0 aromatic carbocycles. The lowest BCUT2D eigenvalue weighted by molar-refractivity contribution is 0.0199. The van der Waals surface area contributed by atoms with Crippen molar-refractivity contribution < 1.29 is 18.7 Å². The summed E-state index contributed by atoms with van der Waals surface area (Å²) in [5.41, 5.74) is -0.0725. The van der Waals surface area contributed by atoms with Crippen molar-refractivity contribution in [3.8, 4) is 10.8 Å². The summed E-state index contributed by atoms with van der Waals surface area (Å²) in [5, 5.41) is 3.73. The molecular weight excluding hydrogens is 366 g/mol. The zero-order valence-electron chi connectivity index (χ0n) is 16.1. The molecule has 2 aromatic rings. The molecule has 0 unspecified atom stereocenters. The van der Waals surface area contributed by atoms with E-state index < -0.39 is 5.60 Å². The molecule has 0 saturated carbocycles. The van der Waals surface area contributed by atoms with Gasteiger partial charge in [0.15, 0.2) is 10.8 Å². The van der Waals surface area contributed by atoms with Gasteiger partial charge < -0.3 is 19.4 Å². The van der Waals surface area contributed by atoms with Crippen LogP contribution in [0.3, 0.4) is 0 Å². The summed E-state index contributed by atoms with van der Waals surface area (Å²) in [6, 6.07) is 3.64. The Morgan fingerprint density at radius 2 is 2.04 bits per heavy atom. The van der Waals surface area contributed by atoms with E-state index in [2.05, 4.69) is 10.3 Å². The summed E-state index contributed by atoms with van der Waals surface area (Å²) in [6.45, 7) is 8.56. The van der Waals surface area contributed by atoms with Gasteiger partial charge in [-0.3, -0.25) is 4.79 Å². The van der Waals surface area contributed by atoms with E-state index in [9.17, 15) is 9.59 Å². The van der Waals surface area contributed by atoms with Gasteiger partial charge in [-0.05, 0) is 52.7 Å². The van der Waals surface area contributed by atoms with Crippen LogP contribution in [0.2, 0.25) is 0 Å². The first-order valence-electron chi connectivity index (χ1n) is 9.03. The molecule has 0 atom stereocenters. The number of thiazole rings is 1. The zero-order valence-corrected chi connectivity index (χ0v) is 16.9. The number of nitrogens with one attached hydrogen (secondary N) is 1. The Morgan fingerprint density at radius 1 is 1.33 bits per heavy atom. The topological polar surface area (TPSA) is 84.7 Å². The standard InChI is InChI=1S/C19H25N3O4S/c1-12-15(21-17(27-12)14-6-5-11-25-14)16(23)20-13-7-9-22(10-8-13)18(24)26-19(2,3)4/h5-6,11,13H,7-10H2,1-4H3,(H,20,23). The average molecular weight is 391 g/mol. The van der Waals surface area contributed by atoms with Gasteiger partial charge in [-0.25, -0.2) is 9.78 Å². The third-order valence-corrected chi connectivity index (χ3v) is 5.21. The molecule has 2 aromatic heterocycles. The van der Waals surface area contributed by atoms with Crippen molar-refractivity contribution in [1.29, 1.82) is 0 Å². The Labute approximate surface area is 162 Å². The summed E-state index contributed by atoms with van der Waals surface area (Å²) in [4.78, 5) is 31.7. The van der Waals surface area contributed by atoms with E-state index in [1.54, 1.807) is 17.2 Å². The van der Waals surface area contributed by atoms with E-state index in [1.165, 1.54) is 11.3 Å². The van der Waals surface area contributed by atoms with Gasteiger partial charge in [0.05, 0.1) is 6.26 Å². The normalized spacial score (nSPS) is 15.6. The lowest BCUT2D eigenvalue weighted by atomic mass is 10.1. The van der Waals surface area contributed by atoms with Crippen LogP contribution >= 0.6 is 11.3 Å². The number of rotatable bonds is 3. The van der Waals surface area contributed by atoms with Gasteiger partial charge in [-0.15, -0.1) is 11.3 Å². The predicted octanol–water partition coefficient (Wildman–Crippen LogP) is 3.84. The molecule has 1 fully saturated rings. The summed E-state index contributed by atoms with van der Waals surface area (Å²) in [7, 11) is 0. The quantitative estimate of drug-likeness (QED) is 0.859. The van der Waals surface area contributed by atoms with Gasteiger partial charge >= 0.3 is 6.09 Å². The van der Waals surface area contributed by atoms with Gasteiger partial charge in [-0.1, -0.05) is 0 Å². The molecule has 3 rings (SSSR count). The van der Waals surface area contributed by atoms with E-state index in [0.717, 1.165) is 4.88 Å². The molecule has 27 heavy (non-hydrogen) atoms. The lowest BCUT2D eigenvalue weighted by Gasteiger charge is -2.33. The minimum absolute atomic E-state index is 0.0179. The van der Waals surface area contributed by atoms with Crippen molar-refractivity contribution in [2.24, 2.45) is 0 Å². The molecule has 1 aliphatic rings. The molecule has 0 spiro atoms. The minimum Gasteiger partial charge on any atom is -0.462 e. The summed E-state index contributed by atoms with van der Waals surface area (Å²) < 4.78 is 10.8. The molecule has 1 saturated heterocycles. The third kappa shape index (κ3) is 4.88. The van der Waals surface area contributed by atoms with Gasteiger partial charge in [-0.2, -0.15) is 0 Å². The highest BCUT2D eigenvalue weighted by atomic mass is 32.1. The Bertz CT molecular complexity index is 800. The number of amides is 2. The third-order valence-electron chi connectivity index (χ3n) is 4.23. The second kappa shape index (κ2) is 7.72. The van der Waals surface area contributed by atoms with Crippen LogP contribution in [0.25, 0.3) is 10.8 Å². The first-order chi connectivity index (χ1) is 12.7. The molecule has 146 valence electrons. The van der Waals surface area contributed by atoms with Crippen molar-refractivity contribution in [2.45, 2.75) is 52.2 Å². The molecule has 0 aliphatic carbocycles. The van der Waals surface area contributed by atoms with Crippen LogP contribution in [-0.2, 0) is 4.74 Å². The van der Waals surface area contributed by atoms with E-state index in [0.29, 0.717) is 42.4 Å². The summed E-state index contributed by atoms with van der Waals surface area (Å²) in [6.07, 6.45) is 2.67. The van der Waals surface area contributed by atoms with Crippen LogP contribution in [0.5, 0.6) is 0 Å². The number of furan rings is 1. The van der Waals surface area contributed by atoms with Crippen molar-refractivity contribution in [3.63, 3.8) is 0 Å². The number of carbonyl (C=O) groups excluding carboxylic acids is 2. The van der Waals surface area contributed by atoms with Gasteiger partial charge in [0.2, 0.25) is 0 Å². The number of hydrogen-bond donors (Lipinski definition) is 1. The minimum atomic E-state index is -0.504. The maximum absolute atomic E-state index is 12.6. The van der Waals surface area contributed by atoms with Crippen LogP contribution in [-0.4, -0.2) is 46.6 Å². The van der Waals surface area contributed by atoms with E-state index >= 15 is 0 Å². The van der Waals surface area contributed by atoms with E-state index in [1.807, 2.05) is 33.8 Å². The van der Waals surface area contributed by atoms with Crippen molar-refractivity contribution in [2.75, 3.05) is 13.1 Å². The average Bonchev–Trinajstić information content (AvgIpc) is 3.23. The van der Waals surface area contributed by atoms with Gasteiger partial charge in [0.1, 0.15) is 11.3 Å². The van der Waals surface area contributed by atoms with Crippen LogP contribution in [0.15, 0.2) is 22.8 Å². The Hall–Kier alpha value is -2.35. The molecule has 8 heteroatoms. The van der Waals surface area contributed by atoms with Crippen LogP contribution in [0, 0.1) is 6.92 Å². The molecule has 1 aliphatic heterocycles. The van der Waals surface area contributed by atoms with E-state index in [-0.39, 0.29) is 18.0 Å². The fourth-order valence-electron chi connectivity index (χ4n) is 2.90. The Morgan fingerprint density at radius 3 is 2.63 bits per heavy atom. The highest BCUT2D eigenvalue weighted by molar-refractivity contribution is 7.15. The smallest absolute Gasteiger partial charge is 0.410 e. The number of aryl methyl sites for hydroxylation is 1. The number of ether oxygens (including phenoxy) is 1. The highest BCUT2D eigenvalue weighted by Crippen LogP contribution is 2.28. The van der Waals surface area contributed by atoms with Crippen molar-refractivity contribution >= 4 is 23.3 Å². The van der Waals surface area contributed by atoms with Crippen LogP contribution < -0.4 is 5.32 Å². The molecule has 0 bridgehead atoms. The first kappa shape index (κ1) is 19.4.